The topological polar surface area (TPSA) is 76.7 Å². The average Bonchev–Trinajstić information content (AvgIpc) is 3.23. The molecule has 9 heteroatoms. The average molecular weight is 439 g/mol. The summed E-state index contributed by atoms with van der Waals surface area (Å²) in [5.41, 5.74) is 1.89. The van der Waals surface area contributed by atoms with Gasteiger partial charge in [-0.2, -0.15) is 13.0 Å². The summed E-state index contributed by atoms with van der Waals surface area (Å²) in [7, 11) is -3.99. The van der Waals surface area contributed by atoms with Gasteiger partial charge in [-0.25, -0.2) is 0 Å². The van der Waals surface area contributed by atoms with E-state index in [1.165, 1.54) is 0 Å². The van der Waals surface area contributed by atoms with Crippen LogP contribution >= 0.6 is 22.9 Å². The van der Waals surface area contributed by atoms with Gasteiger partial charge in [0.05, 0.1) is 5.75 Å². The molecule has 0 radical (unpaired) electrons. The predicted molar refractivity (Wildman–Crippen MR) is 110 cm³/mol. The van der Waals surface area contributed by atoms with Crippen molar-refractivity contribution in [3.05, 3.63) is 52.0 Å². The molecule has 6 nitrogen and oxygen atoms in total. The van der Waals surface area contributed by atoms with Crippen molar-refractivity contribution in [1.82, 2.24) is 0 Å². The summed E-state index contributed by atoms with van der Waals surface area (Å²) < 4.78 is 44.9. The molecule has 0 spiro atoms. The van der Waals surface area contributed by atoms with Crippen molar-refractivity contribution in [1.29, 1.82) is 0 Å². The van der Waals surface area contributed by atoms with Crippen LogP contribution in [0.5, 0.6) is 11.5 Å². The van der Waals surface area contributed by atoms with Crippen molar-refractivity contribution in [3.63, 3.8) is 0 Å². The first kappa shape index (κ1) is 19.2. The number of hydrogen-bond acceptors (Lipinski definition) is 5. The lowest BCUT2D eigenvalue weighted by molar-refractivity contribution is -0.668. The molecule has 4 rings (SSSR count). The third kappa shape index (κ3) is 4.30. The Labute approximate surface area is 171 Å². The molecule has 1 aliphatic rings. The third-order valence-electron chi connectivity index (χ3n) is 4.29. The number of thiazole rings is 1. The third-order valence-corrected chi connectivity index (χ3v) is 6.46. The van der Waals surface area contributed by atoms with E-state index in [1.54, 1.807) is 11.3 Å². The molecule has 28 heavy (non-hydrogen) atoms. The van der Waals surface area contributed by atoms with Gasteiger partial charge in [0.1, 0.15) is 4.70 Å². The van der Waals surface area contributed by atoms with Gasteiger partial charge in [-0.05, 0) is 35.9 Å². The van der Waals surface area contributed by atoms with Crippen molar-refractivity contribution in [2.75, 3.05) is 12.5 Å². The van der Waals surface area contributed by atoms with E-state index in [9.17, 15) is 8.42 Å². The Morgan fingerprint density at radius 2 is 1.96 bits per heavy atom. The van der Waals surface area contributed by atoms with Crippen LogP contribution in [0.4, 0.5) is 0 Å². The highest BCUT2D eigenvalue weighted by Gasteiger charge is 2.20. The zero-order valence-corrected chi connectivity index (χ0v) is 17.1. The first-order valence-corrected chi connectivity index (χ1v) is 11.3. The van der Waals surface area contributed by atoms with Gasteiger partial charge < -0.3 is 9.47 Å². The molecule has 0 unspecified atom stereocenters. The van der Waals surface area contributed by atoms with Gasteiger partial charge >= 0.3 is 0 Å². The lowest BCUT2D eigenvalue weighted by Gasteiger charge is -1.99. The summed E-state index contributed by atoms with van der Waals surface area (Å²) in [5.74, 6) is 1.16. The van der Waals surface area contributed by atoms with Crippen molar-refractivity contribution >= 4 is 55.4 Å². The highest BCUT2D eigenvalue weighted by molar-refractivity contribution is 7.85. The highest BCUT2D eigenvalue weighted by atomic mass is 35.5. The van der Waals surface area contributed by atoms with Crippen LogP contribution < -0.4 is 14.0 Å². The van der Waals surface area contributed by atoms with Crippen molar-refractivity contribution in [2.45, 2.75) is 13.0 Å². The number of rotatable bonds is 6. The maximum Gasteiger partial charge on any atom is 0.265 e. The van der Waals surface area contributed by atoms with Gasteiger partial charge in [0.25, 0.3) is 15.1 Å². The monoisotopic (exact) mass is 438 g/mol. The van der Waals surface area contributed by atoms with E-state index < -0.39 is 10.1 Å². The fourth-order valence-electron chi connectivity index (χ4n) is 3.02. The summed E-state index contributed by atoms with van der Waals surface area (Å²) in [5, 5.41) is 1.56. The van der Waals surface area contributed by atoms with Crippen LogP contribution in [-0.2, 0) is 16.7 Å². The van der Waals surface area contributed by atoms with E-state index in [4.69, 9.17) is 25.6 Å². The van der Waals surface area contributed by atoms with Crippen LogP contribution in [0.3, 0.4) is 0 Å². The zero-order chi connectivity index (χ0) is 19.7. The molecule has 0 saturated carbocycles. The fraction of sp³-hybridized carbons (Fsp3) is 0.211. The number of fused-ring (bicyclic) bond motifs is 2. The number of nitrogens with zero attached hydrogens (tertiary/aromatic N) is 1. The number of halogens is 1. The number of hydrogen-bond donors (Lipinski definition) is 1. The molecule has 0 atom stereocenters. The molecule has 1 aliphatic heterocycles. The Bertz CT molecular complexity index is 1170. The second-order valence-corrected chi connectivity index (χ2v) is 9.36. The number of benzene rings is 2. The second kappa shape index (κ2) is 7.71. The number of ether oxygens (including phenoxy) is 2. The standard InChI is InChI=1S/C19H16ClNO5S2/c20-14-4-6-18-15(11-14)21(8-1-9-28(22,23)24)19(27-18)7-3-13-2-5-16-17(10-13)26-12-25-16/h2-7,10-11H,1,8-9,12H2/p+1. The van der Waals surface area contributed by atoms with Gasteiger partial charge in [-0.15, -0.1) is 0 Å². The van der Waals surface area contributed by atoms with Crippen LogP contribution in [0.1, 0.15) is 17.0 Å². The van der Waals surface area contributed by atoms with Gasteiger partial charge in [-0.3, -0.25) is 4.55 Å². The molecule has 1 N–H and O–H groups in total. The molecule has 0 bridgehead atoms. The first-order chi connectivity index (χ1) is 13.4. The molecule has 0 amide bonds. The van der Waals surface area contributed by atoms with Crippen LogP contribution in [0.15, 0.2) is 36.4 Å². The van der Waals surface area contributed by atoms with Crippen LogP contribution in [-0.4, -0.2) is 25.5 Å². The minimum atomic E-state index is -3.99. The SMILES string of the molecule is O=S(=O)(O)CCC[n+]1c(C=Cc2ccc3c(c2)OCO3)sc2ccc(Cl)cc21. The molecule has 2 aromatic carbocycles. The molecule has 146 valence electrons. The van der Waals surface area contributed by atoms with E-state index in [2.05, 4.69) is 0 Å². The molecule has 1 aromatic heterocycles. The van der Waals surface area contributed by atoms with E-state index >= 15 is 0 Å². The van der Waals surface area contributed by atoms with E-state index in [-0.39, 0.29) is 12.5 Å². The van der Waals surface area contributed by atoms with Crippen LogP contribution in [0.25, 0.3) is 22.4 Å². The molecule has 0 saturated heterocycles. The first-order valence-electron chi connectivity index (χ1n) is 8.54. The van der Waals surface area contributed by atoms with E-state index in [1.807, 2.05) is 53.1 Å². The maximum atomic E-state index is 11.1. The molecule has 3 aromatic rings. The van der Waals surface area contributed by atoms with Gasteiger partial charge in [0.15, 0.2) is 18.0 Å². The van der Waals surface area contributed by atoms with Crippen molar-refractivity contribution in [3.8, 4) is 11.5 Å². The molecule has 0 aliphatic carbocycles. The summed E-state index contributed by atoms with van der Waals surface area (Å²) in [4.78, 5) is 0. The maximum absolute atomic E-state index is 11.1. The fourth-order valence-corrected chi connectivity index (χ4v) is 4.75. The van der Waals surface area contributed by atoms with E-state index in [0.29, 0.717) is 23.7 Å². The Morgan fingerprint density at radius 1 is 1.14 bits per heavy atom. The summed E-state index contributed by atoms with van der Waals surface area (Å²) >= 11 is 7.73. The normalized spacial score (nSPS) is 13.6. The molecule has 0 fully saturated rings. The van der Waals surface area contributed by atoms with Crippen molar-refractivity contribution < 1.29 is 27.0 Å². The lowest BCUT2D eigenvalue weighted by Crippen LogP contribution is -2.36. The second-order valence-electron chi connectivity index (χ2n) is 6.29. The zero-order valence-electron chi connectivity index (χ0n) is 14.7. The largest absolute Gasteiger partial charge is 0.454 e. The Kier molecular flexibility index (Phi) is 5.29. The Hall–Kier alpha value is -2.13. The lowest BCUT2D eigenvalue weighted by atomic mass is 10.2. The van der Waals surface area contributed by atoms with Gasteiger partial charge in [0, 0.05) is 23.6 Å². The van der Waals surface area contributed by atoms with Crippen LogP contribution in [0.2, 0.25) is 5.02 Å². The summed E-state index contributed by atoms with van der Waals surface area (Å²) in [6.07, 6.45) is 4.24. The molecular formula is C19H17ClNO5S2+. The minimum Gasteiger partial charge on any atom is -0.454 e. The minimum absolute atomic E-state index is 0.230. The van der Waals surface area contributed by atoms with Crippen LogP contribution in [0, 0.1) is 0 Å². The molecule has 2 heterocycles. The van der Waals surface area contributed by atoms with Gasteiger partial charge in [-0.1, -0.05) is 29.0 Å². The Morgan fingerprint density at radius 3 is 2.79 bits per heavy atom. The number of aromatic nitrogens is 1. The Balaban J connectivity index is 1.66. The smallest absolute Gasteiger partial charge is 0.265 e. The quantitative estimate of drug-likeness (QED) is 0.464. The summed E-state index contributed by atoms with van der Waals surface area (Å²) in [6.45, 7) is 0.675. The predicted octanol–water partition coefficient (Wildman–Crippen LogP) is 4.02. The van der Waals surface area contributed by atoms with E-state index in [0.717, 1.165) is 26.5 Å². The molecular weight excluding hydrogens is 422 g/mol. The number of aryl methyl sites for hydroxylation is 1. The van der Waals surface area contributed by atoms with Crippen molar-refractivity contribution in [2.24, 2.45) is 0 Å². The summed E-state index contributed by atoms with van der Waals surface area (Å²) in [6, 6.07) is 11.3. The highest BCUT2D eigenvalue weighted by Crippen LogP contribution is 2.33. The van der Waals surface area contributed by atoms with Gasteiger partial charge in [0.2, 0.25) is 12.3 Å².